The maximum absolute atomic E-state index is 8.63. The molecule has 0 atom stereocenters. The van der Waals surface area contributed by atoms with Crippen LogP contribution in [0.4, 0.5) is 0 Å². The Morgan fingerprint density at radius 1 is 0.667 bits per heavy atom. The standard InChI is InChI=1S/C7H10S.2C6H6O.C2H6/c1-6(2)7-4-3-5-8-7;2*7-6-4-2-1-3-5-6;1-2/h3-6H,1-2H3;2*1-5,7H;1-2H3. The van der Waals surface area contributed by atoms with Crippen molar-refractivity contribution in [3.05, 3.63) is 83.1 Å². The number of hydrogen-bond acceptors (Lipinski definition) is 3. The third-order valence-electron chi connectivity index (χ3n) is 2.62. The van der Waals surface area contributed by atoms with Gasteiger partial charge in [0, 0.05) is 4.88 Å². The fourth-order valence-corrected chi connectivity index (χ4v) is 2.22. The normalized spacial score (nSPS) is 8.71. The Morgan fingerprint density at radius 3 is 1.25 bits per heavy atom. The van der Waals surface area contributed by atoms with Crippen LogP contribution in [0.1, 0.15) is 38.5 Å². The highest BCUT2D eigenvalue weighted by molar-refractivity contribution is 7.10. The van der Waals surface area contributed by atoms with E-state index in [1.54, 1.807) is 48.5 Å². The summed E-state index contributed by atoms with van der Waals surface area (Å²) in [5.41, 5.74) is 0. The van der Waals surface area contributed by atoms with Crippen molar-refractivity contribution in [2.24, 2.45) is 0 Å². The van der Waals surface area contributed by atoms with Gasteiger partial charge in [0.1, 0.15) is 11.5 Å². The van der Waals surface area contributed by atoms with Crippen LogP contribution in [0.3, 0.4) is 0 Å². The van der Waals surface area contributed by atoms with Crippen molar-refractivity contribution in [1.82, 2.24) is 0 Å². The molecular formula is C21H28O2S. The molecule has 3 rings (SSSR count). The quantitative estimate of drug-likeness (QED) is 0.517. The third kappa shape index (κ3) is 11.3. The Kier molecular flexibility index (Phi) is 13.0. The summed E-state index contributed by atoms with van der Waals surface area (Å²) in [5, 5.41) is 19.4. The van der Waals surface area contributed by atoms with Crippen LogP contribution in [0.15, 0.2) is 78.2 Å². The van der Waals surface area contributed by atoms with Gasteiger partial charge in [-0.05, 0) is 41.6 Å². The van der Waals surface area contributed by atoms with Gasteiger partial charge >= 0.3 is 0 Å². The number of aromatic hydroxyl groups is 2. The summed E-state index contributed by atoms with van der Waals surface area (Å²) in [6.45, 7) is 8.43. The molecule has 0 radical (unpaired) electrons. The highest BCUT2D eigenvalue weighted by Crippen LogP contribution is 2.18. The Labute approximate surface area is 150 Å². The van der Waals surface area contributed by atoms with E-state index < -0.39 is 0 Å². The summed E-state index contributed by atoms with van der Waals surface area (Å²) in [5.74, 6) is 1.35. The molecule has 3 heteroatoms. The third-order valence-corrected chi connectivity index (χ3v) is 3.80. The summed E-state index contributed by atoms with van der Waals surface area (Å²) in [6, 6.07) is 21.7. The van der Waals surface area contributed by atoms with E-state index in [1.165, 1.54) is 4.88 Å². The van der Waals surface area contributed by atoms with Crippen molar-refractivity contribution in [3.63, 3.8) is 0 Å². The van der Waals surface area contributed by atoms with E-state index in [9.17, 15) is 0 Å². The predicted molar refractivity (Wildman–Crippen MR) is 106 cm³/mol. The van der Waals surface area contributed by atoms with Crippen molar-refractivity contribution in [3.8, 4) is 11.5 Å². The van der Waals surface area contributed by atoms with Crippen LogP contribution >= 0.6 is 11.3 Å². The molecule has 0 bridgehead atoms. The van der Waals surface area contributed by atoms with Gasteiger partial charge in [0.15, 0.2) is 0 Å². The summed E-state index contributed by atoms with van der Waals surface area (Å²) in [7, 11) is 0. The van der Waals surface area contributed by atoms with Crippen LogP contribution in [-0.2, 0) is 0 Å². The lowest BCUT2D eigenvalue weighted by Crippen LogP contribution is -1.77. The highest BCUT2D eigenvalue weighted by atomic mass is 32.1. The van der Waals surface area contributed by atoms with Crippen LogP contribution in [0.25, 0.3) is 0 Å². The van der Waals surface area contributed by atoms with Crippen LogP contribution in [-0.4, -0.2) is 10.2 Å². The monoisotopic (exact) mass is 344 g/mol. The molecule has 0 aliphatic heterocycles. The molecule has 2 N–H and O–H groups in total. The van der Waals surface area contributed by atoms with Gasteiger partial charge in [0.2, 0.25) is 0 Å². The second-order valence-electron chi connectivity index (χ2n) is 4.84. The summed E-state index contributed by atoms with van der Waals surface area (Å²) < 4.78 is 0. The second-order valence-corrected chi connectivity index (χ2v) is 5.82. The molecule has 3 aromatic rings. The first kappa shape index (κ1) is 21.7. The highest BCUT2D eigenvalue weighted by Gasteiger charge is 1.95. The topological polar surface area (TPSA) is 40.5 Å². The molecule has 2 aromatic carbocycles. The van der Waals surface area contributed by atoms with Crippen molar-refractivity contribution in [2.45, 2.75) is 33.6 Å². The van der Waals surface area contributed by atoms with Crippen molar-refractivity contribution in [1.29, 1.82) is 0 Å². The lowest BCUT2D eigenvalue weighted by atomic mass is 10.2. The van der Waals surface area contributed by atoms with E-state index in [0.717, 1.165) is 0 Å². The minimum atomic E-state index is 0.322. The summed E-state index contributed by atoms with van der Waals surface area (Å²) in [4.78, 5) is 1.48. The molecule has 1 aromatic heterocycles. The number of phenols is 2. The number of hydrogen-bond donors (Lipinski definition) is 2. The molecular weight excluding hydrogens is 316 g/mol. The summed E-state index contributed by atoms with van der Waals surface area (Å²) in [6.07, 6.45) is 0. The maximum atomic E-state index is 8.63. The largest absolute Gasteiger partial charge is 0.508 e. The molecule has 0 spiro atoms. The van der Waals surface area contributed by atoms with Gasteiger partial charge in [-0.2, -0.15) is 0 Å². The first-order valence-corrected chi connectivity index (χ1v) is 8.99. The smallest absolute Gasteiger partial charge is 0.115 e. The molecule has 1 heterocycles. The fraction of sp³-hybridized carbons (Fsp3) is 0.238. The molecule has 24 heavy (non-hydrogen) atoms. The van der Waals surface area contributed by atoms with E-state index in [-0.39, 0.29) is 0 Å². The Hall–Kier alpha value is -2.26. The zero-order valence-electron chi connectivity index (χ0n) is 14.9. The van der Waals surface area contributed by atoms with Gasteiger partial charge < -0.3 is 10.2 Å². The van der Waals surface area contributed by atoms with Crippen LogP contribution in [0, 0.1) is 0 Å². The van der Waals surface area contributed by atoms with E-state index in [2.05, 4.69) is 31.4 Å². The molecule has 0 fully saturated rings. The molecule has 130 valence electrons. The van der Waals surface area contributed by atoms with Crippen LogP contribution < -0.4 is 0 Å². The van der Waals surface area contributed by atoms with E-state index >= 15 is 0 Å². The lowest BCUT2D eigenvalue weighted by Gasteiger charge is -1.95. The van der Waals surface area contributed by atoms with Crippen molar-refractivity contribution < 1.29 is 10.2 Å². The number of rotatable bonds is 1. The van der Waals surface area contributed by atoms with Gasteiger partial charge in [-0.3, -0.25) is 0 Å². The average Bonchev–Trinajstić information content (AvgIpc) is 3.14. The molecule has 2 nitrogen and oxygen atoms in total. The SMILES string of the molecule is CC.CC(C)c1cccs1.Oc1ccccc1.Oc1ccccc1. The Bertz CT molecular complexity index is 553. The second kappa shape index (κ2) is 14.3. The average molecular weight is 345 g/mol. The van der Waals surface area contributed by atoms with E-state index in [0.29, 0.717) is 17.4 Å². The zero-order chi connectivity index (χ0) is 18.2. The lowest BCUT2D eigenvalue weighted by molar-refractivity contribution is 0.475. The van der Waals surface area contributed by atoms with Crippen molar-refractivity contribution in [2.75, 3.05) is 0 Å². The number of para-hydroxylation sites is 2. The van der Waals surface area contributed by atoms with Gasteiger partial charge in [-0.15, -0.1) is 11.3 Å². The molecule has 0 aliphatic carbocycles. The first-order chi connectivity index (χ1) is 11.6. The number of thiophene rings is 1. The number of phenolic OH excluding ortho intramolecular Hbond substituents is 2. The van der Waals surface area contributed by atoms with Crippen molar-refractivity contribution >= 4 is 11.3 Å². The Morgan fingerprint density at radius 2 is 1.08 bits per heavy atom. The van der Waals surface area contributed by atoms with E-state index in [4.69, 9.17) is 10.2 Å². The van der Waals surface area contributed by atoms with Gasteiger partial charge in [0.25, 0.3) is 0 Å². The van der Waals surface area contributed by atoms with E-state index in [1.807, 2.05) is 37.3 Å². The summed E-state index contributed by atoms with van der Waals surface area (Å²) >= 11 is 1.83. The van der Waals surface area contributed by atoms with Gasteiger partial charge in [-0.25, -0.2) is 0 Å². The van der Waals surface area contributed by atoms with Gasteiger partial charge in [0.05, 0.1) is 0 Å². The molecule has 0 unspecified atom stereocenters. The maximum Gasteiger partial charge on any atom is 0.115 e. The first-order valence-electron chi connectivity index (χ1n) is 8.11. The zero-order valence-corrected chi connectivity index (χ0v) is 15.7. The fourth-order valence-electron chi connectivity index (χ4n) is 1.48. The molecule has 0 saturated heterocycles. The van der Waals surface area contributed by atoms with Crippen LogP contribution in [0.2, 0.25) is 0 Å². The van der Waals surface area contributed by atoms with Gasteiger partial charge in [-0.1, -0.05) is 70.2 Å². The predicted octanol–water partition coefficient (Wildman–Crippen LogP) is 6.68. The van der Waals surface area contributed by atoms with Crippen LogP contribution in [0.5, 0.6) is 11.5 Å². The minimum absolute atomic E-state index is 0.322. The Balaban J connectivity index is 0.000000315. The minimum Gasteiger partial charge on any atom is -0.508 e. The molecule has 0 saturated carbocycles. The molecule has 0 amide bonds. The molecule has 0 aliphatic rings. The number of benzene rings is 2.